The molecule has 0 unspecified atom stereocenters. The van der Waals surface area contributed by atoms with E-state index >= 15 is 0 Å². The number of hydrogen-bond acceptors (Lipinski definition) is 2. The maximum absolute atomic E-state index is 13.4. The van der Waals surface area contributed by atoms with Gasteiger partial charge in [0.15, 0.2) is 0 Å². The molecule has 28 heavy (non-hydrogen) atoms. The average molecular weight is 399 g/mol. The van der Waals surface area contributed by atoms with Crippen LogP contribution in [0.1, 0.15) is 73.3 Å². The smallest absolute Gasteiger partial charge is 0.124 e. The van der Waals surface area contributed by atoms with Gasteiger partial charge in [0.2, 0.25) is 0 Å². The van der Waals surface area contributed by atoms with Gasteiger partial charge in [-0.1, -0.05) is 23.7 Å². The third kappa shape index (κ3) is 3.23. The number of halogens is 2. The van der Waals surface area contributed by atoms with Gasteiger partial charge >= 0.3 is 0 Å². The molecule has 0 aliphatic heterocycles. The second-order valence-electron chi connectivity index (χ2n) is 8.36. The molecule has 2 fully saturated rings. The van der Waals surface area contributed by atoms with Crippen LogP contribution in [0.3, 0.4) is 0 Å². The Morgan fingerprint density at radius 1 is 1.00 bits per heavy atom. The minimum absolute atomic E-state index is 0.223. The van der Waals surface area contributed by atoms with Crippen LogP contribution in [-0.4, -0.2) is 14.5 Å². The van der Waals surface area contributed by atoms with Gasteiger partial charge in [-0.25, -0.2) is 9.37 Å². The van der Waals surface area contributed by atoms with Crippen LogP contribution in [-0.2, 0) is 0 Å². The molecule has 2 aliphatic rings. The third-order valence-corrected chi connectivity index (χ3v) is 6.90. The number of nitrogens with zero attached hydrogens (tertiary/aromatic N) is 2. The van der Waals surface area contributed by atoms with Crippen molar-refractivity contribution in [2.45, 2.75) is 56.5 Å². The number of rotatable bonds is 4. The molecule has 0 saturated heterocycles. The van der Waals surface area contributed by atoms with E-state index in [2.05, 4.69) is 21.5 Å². The lowest BCUT2D eigenvalue weighted by atomic mass is 9.75. The van der Waals surface area contributed by atoms with E-state index in [0.717, 1.165) is 42.5 Å². The van der Waals surface area contributed by atoms with Crippen molar-refractivity contribution in [3.05, 3.63) is 70.5 Å². The highest BCUT2D eigenvalue weighted by Crippen LogP contribution is 2.47. The molecular weight excluding hydrogens is 375 g/mol. The lowest BCUT2D eigenvalue weighted by Gasteiger charge is -2.33. The van der Waals surface area contributed by atoms with Gasteiger partial charge in [0.25, 0.3) is 0 Å². The summed E-state index contributed by atoms with van der Waals surface area (Å²) in [7, 11) is 0. The zero-order chi connectivity index (χ0) is 19.3. The summed E-state index contributed by atoms with van der Waals surface area (Å²) >= 11 is 6.27. The fourth-order valence-corrected chi connectivity index (χ4v) is 5.21. The van der Waals surface area contributed by atoms with Crippen molar-refractivity contribution in [1.82, 2.24) is 9.38 Å². The summed E-state index contributed by atoms with van der Waals surface area (Å²) in [5.74, 6) is 0.842. The SMILES string of the molecule is O[C@@H](c1c(C2CC2)ccc2cncn12)C1CCC(c2ccc(F)cc2Cl)CC1. The molecule has 3 nitrogen and oxygen atoms in total. The highest BCUT2D eigenvalue weighted by Gasteiger charge is 2.34. The van der Waals surface area contributed by atoms with Crippen LogP contribution < -0.4 is 0 Å². The molecule has 0 bridgehead atoms. The van der Waals surface area contributed by atoms with E-state index in [0.29, 0.717) is 16.9 Å². The molecule has 1 aromatic carbocycles. The number of imidazole rings is 1. The third-order valence-electron chi connectivity index (χ3n) is 6.57. The van der Waals surface area contributed by atoms with Crippen molar-refractivity contribution in [3.8, 4) is 0 Å². The molecule has 2 heterocycles. The lowest BCUT2D eigenvalue weighted by molar-refractivity contribution is 0.0754. The van der Waals surface area contributed by atoms with E-state index in [-0.39, 0.29) is 11.7 Å². The summed E-state index contributed by atoms with van der Waals surface area (Å²) in [4.78, 5) is 4.29. The predicted octanol–water partition coefficient (Wildman–Crippen LogP) is 6.01. The number of aliphatic hydroxyl groups is 1. The normalized spacial score (nSPS) is 23.8. The van der Waals surface area contributed by atoms with Crippen LogP contribution >= 0.6 is 11.6 Å². The number of benzene rings is 1. The largest absolute Gasteiger partial charge is 0.387 e. The fraction of sp³-hybridized carbons (Fsp3) is 0.435. The lowest BCUT2D eigenvalue weighted by Crippen LogP contribution is -2.22. The van der Waals surface area contributed by atoms with E-state index in [1.165, 1.54) is 30.5 Å². The summed E-state index contributed by atoms with van der Waals surface area (Å²) in [6, 6.07) is 8.99. The van der Waals surface area contributed by atoms with Gasteiger partial charge in [-0.2, -0.15) is 0 Å². The van der Waals surface area contributed by atoms with E-state index in [9.17, 15) is 9.50 Å². The molecular formula is C23H24ClFN2O. The first-order chi connectivity index (χ1) is 13.6. The Morgan fingerprint density at radius 3 is 2.39 bits per heavy atom. The zero-order valence-electron chi connectivity index (χ0n) is 15.7. The van der Waals surface area contributed by atoms with Gasteiger partial charge in [0.05, 0.1) is 29.8 Å². The van der Waals surface area contributed by atoms with Gasteiger partial charge < -0.3 is 9.51 Å². The van der Waals surface area contributed by atoms with Crippen LogP contribution in [0, 0.1) is 11.7 Å². The average Bonchev–Trinajstić information content (AvgIpc) is 3.43. The zero-order valence-corrected chi connectivity index (χ0v) is 16.4. The first-order valence-electron chi connectivity index (χ1n) is 10.2. The van der Waals surface area contributed by atoms with Gasteiger partial charge in [-0.05, 0) is 85.6 Å². The van der Waals surface area contributed by atoms with Crippen LogP contribution in [0.4, 0.5) is 4.39 Å². The minimum Gasteiger partial charge on any atom is -0.387 e. The Balaban J connectivity index is 1.38. The van der Waals surface area contributed by atoms with Gasteiger partial charge in [0.1, 0.15) is 5.82 Å². The Morgan fingerprint density at radius 2 is 1.68 bits per heavy atom. The number of pyridine rings is 1. The first kappa shape index (κ1) is 18.1. The number of aliphatic hydroxyl groups excluding tert-OH is 1. The van der Waals surface area contributed by atoms with Crippen molar-refractivity contribution in [1.29, 1.82) is 0 Å². The quantitative estimate of drug-likeness (QED) is 0.584. The highest BCUT2D eigenvalue weighted by atomic mass is 35.5. The van der Waals surface area contributed by atoms with E-state index < -0.39 is 6.10 Å². The minimum atomic E-state index is -0.488. The Kier molecular flexibility index (Phi) is 4.64. The second-order valence-corrected chi connectivity index (χ2v) is 8.77. The van der Waals surface area contributed by atoms with Crippen LogP contribution in [0.5, 0.6) is 0 Å². The van der Waals surface area contributed by atoms with Crippen molar-refractivity contribution >= 4 is 17.1 Å². The molecule has 146 valence electrons. The van der Waals surface area contributed by atoms with Crippen LogP contribution in [0.25, 0.3) is 5.52 Å². The second kappa shape index (κ2) is 7.16. The molecule has 5 heteroatoms. The van der Waals surface area contributed by atoms with E-state index in [1.807, 2.05) is 18.6 Å². The molecule has 0 spiro atoms. The van der Waals surface area contributed by atoms with Crippen molar-refractivity contribution < 1.29 is 9.50 Å². The monoisotopic (exact) mass is 398 g/mol. The number of aromatic nitrogens is 2. The standard InChI is InChI=1S/C23H24ClFN2O/c24-21-11-17(25)7-9-19(21)14-3-5-16(6-4-14)23(28)22-20(15-1-2-15)10-8-18-12-26-13-27(18)22/h7-16,23,28H,1-6H2/t14?,16?,23-/m1/s1. The van der Waals surface area contributed by atoms with Crippen molar-refractivity contribution in [2.75, 3.05) is 0 Å². The summed E-state index contributed by atoms with van der Waals surface area (Å²) in [6.45, 7) is 0. The molecule has 0 amide bonds. The van der Waals surface area contributed by atoms with Gasteiger partial charge in [0, 0.05) is 5.02 Å². The molecule has 2 aromatic heterocycles. The van der Waals surface area contributed by atoms with Crippen LogP contribution in [0.15, 0.2) is 42.9 Å². The van der Waals surface area contributed by atoms with E-state index in [4.69, 9.17) is 11.6 Å². The summed E-state index contributed by atoms with van der Waals surface area (Å²) in [5, 5.41) is 11.9. The summed E-state index contributed by atoms with van der Waals surface area (Å²) < 4.78 is 15.4. The molecule has 0 radical (unpaired) electrons. The fourth-order valence-electron chi connectivity index (χ4n) is 4.88. The number of fused-ring (bicyclic) bond motifs is 1. The molecule has 3 aromatic rings. The molecule has 1 N–H and O–H groups in total. The maximum Gasteiger partial charge on any atom is 0.124 e. The summed E-state index contributed by atoms with van der Waals surface area (Å²) in [6.07, 6.45) is 9.40. The molecule has 5 rings (SSSR count). The summed E-state index contributed by atoms with van der Waals surface area (Å²) in [5.41, 5.74) is 4.37. The van der Waals surface area contributed by atoms with Gasteiger partial charge in [-0.3, -0.25) is 0 Å². The first-order valence-corrected chi connectivity index (χ1v) is 10.6. The molecule has 2 aliphatic carbocycles. The van der Waals surface area contributed by atoms with E-state index in [1.54, 1.807) is 0 Å². The Labute approximate surface area is 169 Å². The Hall–Kier alpha value is -1.91. The molecule has 1 atom stereocenters. The van der Waals surface area contributed by atoms with Gasteiger partial charge in [-0.15, -0.1) is 0 Å². The maximum atomic E-state index is 13.4. The number of hydrogen-bond donors (Lipinski definition) is 1. The highest BCUT2D eigenvalue weighted by molar-refractivity contribution is 6.31. The predicted molar refractivity (Wildman–Crippen MR) is 108 cm³/mol. The van der Waals surface area contributed by atoms with Crippen molar-refractivity contribution in [3.63, 3.8) is 0 Å². The topological polar surface area (TPSA) is 37.5 Å². The van der Waals surface area contributed by atoms with Crippen LogP contribution in [0.2, 0.25) is 5.02 Å². The molecule has 2 saturated carbocycles. The Bertz CT molecular complexity index is 1010. The van der Waals surface area contributed by atoms with Crippen molar-refractivity contribution in [2.24, 2.45) is 5.92 Å².